The lowest BCUT2D eigenvalue weighted by molar-refractivity contribution is 0.284. The Balaban J connectivity index is 1.17. The minimum atomic E-state index is 0.266. The standard InChI is InChI=1S/C36H35ClN2O2/c1-22-8-13-33-31(17-22)29-6-5-7-30(29)35(39-33)27-9-11-28(12-10-27)38-20-25-18-32(37)36(34(19-25)40-4)41-21-26-15-23(2)14-24(3)16-26/h5-6,8-20,29-30,35,39H,7,21H2,1-4H3/t29-,30+,35+/m1/s1. The topological polar surface area (TPSA) is 42.8 Å². The van der Waals surface area contributed by atoms with Gasteiger partial charge in [-0.2, -0.15) is 0 Å². The van der Waals surface area contributed by atoms with E-state index in [1.165, 1.54) is 33.5 Å². The smallest absolute Gasteiger partial charge is 0.180 e. The van der Waals surface area contributed by atoms with Crippen LogP contribution in [0.25, 0.3) is 0 Å². The molecule has 4 nitrogen and oxygen atoms in total. The van der Waals surface area contributed by atoms with Gasteiger partial charge in [-0.05, 0) is 85.7 Å². The Hall–Kier alpha value is -4.02. The summed E-state index contributed by atoms with van der Waals surface area (Å²) < 4.78 is 11.7. The highest BCUT2D eigenvalue weighted by Gasteiger charge is 2.37. The fourth-order valence-electron chi connectivity index (χ4n) is 6.22. The van der Waals surface area contributed by atoms with E-state index < -0.39 is 0 Å². The van der Waals surface area contributed by atoms with Crippen molar-refractivity contribution in [1.82, 2.24) is 0 Å². The summed E-state index contributed by atoms with van der Waals surface area (Å²) in [5.41, 5.74) is 10.5. The molecule has 0 radical (unpaired) electrons. The van der Waals surface area contributed by atoms with E-state index in [-0.39, 0.29) is 6.04 Å². The van der Waals surface area contributed by atoms with E-state index in [1.807, 2.05) is 18.3 Å². The van der Waals surface area contributed by atoms with E-state index in [1.54, 1.807) is 7.11 Å². The molecule has 0 unspecified atom stereocenters. The second-order valence-electron chi connectivity index (χ2n) is 11.2. The summed E-state index contributed by atoms with van der Waals surface area (Å²) in [7, 11) is 1.62. The van der Waals surface area contributed by atoms with E-state index >= 15 is 0 Å². The van der Waals surface area contributed by atoms with Crippen molar-refractivity contribution in [3.8, 4) is 11.5 Å². The molecule has 0 saturated heterocycles. The molecule has 0 aromatic heterocycles. The lowest BCUT2D eigenvalue weighted by Gasteiger charge is -2.37. The van der Waals surface area contributed by atoms with Crippen LogP contribution < -0.4 is 14.8 Å². The van der Waals surface area contributed by atoms with E-state index in [4.69, 9.17) is 26.1 Å². The lowest BCUT2D eigenvalue weighted by Crippen LogP contribution is -2.29. The van der Waals surface area contributed by atoms with E-state index in [0.717, 1.165) is 23.2 Å². The largest absolute Gasteiger partial charge is 0.493 e. The molecule has 3 atom stereocenters. The van der Waals surface area contributed by atoms with Crippen molar-refractivity contribution in [1.29, 1.82) is 0 Å². The number of aryl methyl sites for hydroxylation is 3. The molecular formula is C36H35ClN2O2. The van der Waals surface area contributed by atoms with Gasteiger partial charge in [0.2, 0.25) is 0 Å². The molecule has 4 aromatic carbocycles. The summed E-state index contributed by atoms with van der Waals surface area (Å²) in [6.45, 7) is 6.75. The number of halogens is 1. The van der Waals surface area contributed by atoms with Gasteiger partial charge in [-0.1, -0.05) is 82.9 Å². The van der Waals surface area contributed by atoms with Crippen molar-refractivity contribution >= 4 is 29.2 Å². The summed E-state index contributed by atoms with van der Waals surface area (Å²) in [5, 5.41) is 4.31. The van der Waals surface area contributed by atoms with Crippen molar-refractivity contribution in [3.05, 3.63) is 129 Å². The fraction of sp³-hybridized carbons (Fsp3) is 0.250. The maximum Gasteiger partial charge on any atom is 0.180 e. The van der Waals surface area contributed by atoms with Gasteiger partial charge >= 0.3 is 0 Å². The Morgan fingerprint density at radius 1 is 0.927 bits per heavy atom. The maximum absolute atomic E-state index is 6.64. The van der Waals surface area contributed by atoms with Gasteiger partial charge in [0, 0.05) is 17.8 Å². The van der Waals surface area contributed by atoms with E-state index in [2.05, 4.69) is 98.9 Å². The highest BCUT2D eigenvalue weighted by atomic mass is 35.5. The number of rotatable bonds is 7. The van der Waals surface area contributed by atoms with Crippen LogP contribution in [0.5, 0.6) is 11.5 Å². The zero-order valence-electron chi connectivity index (χ0n) is 23.9. The monoisotopic (exact) mass is 562 g/mol. The average molecular weight is 563 g/mol. The molecule has 1 N–H and O–H groups in total. The van der Waals surface area contributed by atoms with Crippen LogP contribution in [0.4, 0.5) is 11.4 Å². The summed E-state index contributed by atoms with van der Waals surface area (Å²) in [6.07, 6.45) is 7.61. The Kier molecular flexibility index (Phi) is 7.59. The molecule has 208 valence electrons. The molecule has 2 aliphatic rings. The highest BCUT2D eigenvalue weighted by molar-refractivity contribution is 6.32. The SMILES string of the molecule is COc1cc(C=Nc2ccc([C@@H]3Nc4ccc(C)cc4[C@@H]4C=CC[C@@H]43)cc2)cc(Cl)c1OCc1cc(C)cc(C)c1. The first kappa shape index (κ1) is 27.2. The molecule has 0 fully saturated rings. The van der Waals surface area contributed by atoms with Crippen molar-refractivity contribution in [2.45, 2.75) is 45.8 Å². The molecule has 1 aliphatic heterocycles. The van der Waals surface area contributed by atoms with Gasteiger partial charge in [0.05, 0.1) is 23.9 Å². The van der Waals surface area contributed by atoms with Crippen LogP contribution in [0.2, 0.25) is 5.02 Å². The second-order valence-corrected chi connectivity index (χ2v) is 11.6. The molecule has 0 saturated carbocycles. The number of aliphatic imine (C=N–C) groups is 1. The van der Waals surface area contributed by atoms with Gasteiger partial charge in [-0.25, -0.2) is 0 Å². The predicted molar refractivity (Wildman–Crippen MR) is 169 cm³/mol. The number of allylic oxidation sites excluding steroid dienone is 2. The van der Waals surface area contributed by atoms with Crippen LogP contribution in [0.15, 0.2) is 89.9 Å². The number of nitrogens with zero attached hydrogens (tertiary/aromatic N) is 1. The first-order valence-corrected chi connectivity index (χ1v) is 14.5. The molecule has 41 heavy (non-hydrogen) atoms. The highest BCUT2D eigenvalue weighted by Crippen LogP contribution is 2.50. The van der Waals surface area contributed by atoms with Crippen molar-refractivity contribution in [2.24, 2.45) is 10.9 Å². The molecule has 0 spiro atoms. The van der Waals surface area contributed by atoms with Crippen LogP contribution in [0, 0.1) is 26.7 Å². The van der Waals surface area contributed by atoms with Crippen LogP contribution in [0.1, 0.15) is 57.3 Å². The number of hydrogen-bond acceptors (Lipinski definition) is 4. The van der Waals surface area contributed by atoms with Gasteiger partial charge in [0.15, 0.2) is 11.5 Å². The summed E-state index contributed by atoms with van der Waals surface area (Å²) >= 11 is 6.64. The number of hydrogen-bond donors (Lipinski definition) is 1. The van der Waals surface area contributed by atoms with Crippen LogP contribution in [-0.2, 0) is 6.61 Å². The molecule has 4 aromatic rings. The predicted octanol–water partition coefficient (Wildman–Crippen LogP) is 9.43. The normalized spacial score (nSPS) is 19.1. The first-order valence-electron chi connectivity index (χ1n) is 14.1. The molecule has 5 heteroatoms. The summed E-state index contributed by atoms with van der Waals surface area (Å²) in [4.78, 5) is 4.72. The minimum absolute atomic E-state index is 0.266. The third-order valence-electron chi connectivity index (χ3n) is 8.05. The first-order chi connectivity index (χ1) is 19.9. The molecular weight excluding hydrogens is 528 g/mol. The number of fused-ring (bicyclic) bond motifs is 3. The van der Waals surface area contributed by atoms with Crippen LogP contribution >= 0.6 is 11.6 Å². The average Bonchev–Trinajstić information content (AvgIpc) is 3.45. The zero-order valence-corrected chi connectivity index (χ0v) is 24.7. The van der Waals surface area contributed by atoms with Gasteiger partial charge in [-0.15, -0.1) is 0 Å². The van der Waals surface area contributed by atoms with Crippen LogP contribution in [-0.4, -0.2) is 13.3 Å². The zero-order chi connectivity index (χ0) is 28.5. The number of methoxy groups -OCH3 is 1. The van der Waals surface area contributed by atoms with Gasteiger partial charge in [-0.3, -0.25) is 4.99 Å². The van der Waals surface area contributed by atoms with Crippen molar-refractivity contribution in [2.75, 3.05) is 12.4 Å². The van der Waals surface area contributed by atoms with Crippen molar-refractivity contribution < 1.29 is 9.47 Å². The summed E-state index contributed by atoms with van der Waals surface area (Å²) in [6, 6.07) is 25.7. The molecule has 1 aliphatic carbocycles. The lowest BCUT2D eigenvalue weighted by atomic mass is 9.76. The van der Waals surface area contributed by atoms with E-state index in [9.17, 15) is 0 Å². The third kappa shape index (κ3) is 5.75. The number of benzene rings is 4. The minimum Gasteiger partial charge on any atom is -0.493 e. The van der Waals surface area contributed by atoms with Crippen molar-refractivity contribution in [3.63, 3.8) is 0 Å². The summed E-state index contributed by atoms with van der Waals surface area (Å²) in [5.74, 6) is 2.09. The number of ether oxygens (including phenoxy) is 2. The third-order valence-corrected chi connectivity index (χ3v) is 8.33. The van der Waals surface area contributed by atoms with Crippen LogP contribution in [0.3, 0.4) is 0 Å². The quantitative estimate of drug-likeness (QED) is 0.180. The maximum atomic E-state index is 6.64. The number of anilines is 1. The Labute approximate surface area is 247 Å². The molecule has 6 rings (SSSR count). The molecule has 0 bridgehead atoms. The van der Waals surface area contributed by atoms with Gasteiger partial charge in [0.25, 0.3) is 0 Å². The van der Waals surface area contributed by atoms with E-state index in [0.29, 0.717) is 35.0 Å². The molecule has 0 amide bonds. The number of nitrogens with one attached hydrogen (secondary N) is 1. The Bertz CT molecular complexity index is 1620. The molecule has 1 heterocycles. The van der Waals surface area contributed by atoms with Gasteiger partial charge in [0.1, 0.15) is 6.61 Å². The second kappa shape index (κ2) is 11.5. The Morgan fingerprint density at radius 2 is 1.71 bits per heavy atom. The fourth-order valence-corrected chi connectivity index (χ4v) is 6.50. The van der Waals surface area contributed by atoms with Gasteiger partial charge < -0.3 is 14.8 Å². The Morgan fingerprint density at radius 3 is 2.46 bits per heavy atom.